The Kier molecular flexibility index (Phi) is 5.46. The fraction of sp³-hybridized carbons (Fsp3) is 0.280. The summed E-state index contributed by atoms with van der Waals surface area (Å²) < 4.78 is 1.37. The van der Waals surface area contributed by atoms with Crippen LogP contribution in [0.15, 0.2) is 52.6 Å². The lowest BCUT2D eigenvalue weighted by molar-refractivity contribution is -0.123. The third kappa shape index (κ3) is 3.80. The van der Waals surface area contributed by atoms with Crippen molar-refractivity contribution in [1.29, 1.82) is 0 Å². The lowest BCUT2D eigenvalue weighted by atomic mass is 9.89. The molecule has 0 saturated carbocycles. The van der Waals surface area contributed by atoms with Crippen molar-refractivity contribution in [2.75, 3.05) is 0 Å². The summed E-state index contributed by atoms with van der Waals surface area (Å²) in [5, 5.41) is 16.7. The molecule has 8 heteroatoms. The van der Waals surface area contributed by atoms with Crippen LogP contribution in [0.25, 0.3) is 21.0 Å². The summed E-state index contributed by atoms with van der Waals surface area (Å²) in [5.41, 5.74) is 3.91. The predicted molar refractivity (Wildman–Crippen MR) is 131 cm³/mol. The van der Waals surface area contributed by atoms with Crippen molar-refractivity contribution in [3.8, 4) is 5.75 Å². The van der Waals surface area contributed by atoms with Gasteiger partial charge in [0.2, 0.25) is 0 Å². The van der Waals surface area contributed by atoms with Crippen molar-refractivity contribution in [3.05, 3.63) is 69.1 Å². The number of hydrazone groups is 1. The lowest BCUT2D eigenvalue weighted by Gasteiger charge is -2.18. The van der Waals surface area contributed by atoms with Gasteiger partial charge in [0.25, 0.3) is 11.5 Å². The van der Waals surface area contributed by atoms with Gasteiger partial charge < -0.3 is 5.11 Å². The van der Waals surface area contributed by atoms with E-state index < -0.39 is 11.9 Å². The van der Waals surface area contributed by atoms with Crippen LogP contribution in [0.3, 0.4) is 0 Å². The Morgan fingerprint density at radius 3 is 3.00 bits per heavy atom. The molecule has 2 atom stereocenters. The molecule has 7 nitrogen and oxygen atoms in total. The SMILES string of the molecule is C[C@H]1CCc2c(sc3ncn([C@H](C)C(=O)N/N=C/c4c(O)ccc5ccccc45)c(=O)c23)C1. The van der Waals surface area contributed by atoms with Gasteiger partial charge in [0.1, 0.15) is 16.6 Å². The van der Waals surface area contributed by atoms with E-state index in [4.69, 9.17) is 0 Å². The maximum absolute atomic E-state index is 13.3. The van der Waals surface area contributed by atoms with Crippen molar-refractivity contribution in [3.63, 3.8) is 0 Å². The average molecular weight is 461 g/mol. The number of amides is 1. The van der Waals surface area contributed by atoms with Crippen LogP contribution in [-0.2, 0) is 17.6 Å². The number of aryl methyl sites for hydroxylation is 1. The summed E-state index contributed by atoms with van der Waals surface area (Å²) in [6.07, 6.45) is 5.76. The van der Waals surface area contributed by atoms with E-state index in [-0.39, 0.29) is 11.3 Å². The zero-order chi connectivity index (χ0) is 23.1. The van der Waals surface area contributed by atoms with Gasteiger partial charge in [-0.2, -0.15) is 5.10 Å². The van der Waals surface area contributed by atoms with Crippen LogP contribution in [0.4, 0.5) is 0 Å². The van der Waals surface area contributed by atoms with Gasteiger partial charge in [0, 0.05) is 10.4 Å². The smallest absolute Gasteiger partial charge is 0.263 e. The quantitative estimate of drug-likeness (QED) is 0.353. The second kappa shape index (κ2) is 8.44. The number of thiophene rings is 1. The molecule has 0 bridgehead atoms. The number of nitrogens with zero attached hydrogens (tertiary/aromatic N) is 3. The molecule has 2 N–H and O–H groups in total. The predicted octanol–water partition coefficient (Wildman–Crippen LogP) is 4.15. The molecule has 0 spiro atoms. The molecule has 2 aromatic heterocycles. The highest BCUT2D eigenvalue weighted by atomic mass is 32.1. The number of fused-ring (bicyclic) bond motifs is 4. The zero-order valence-corrected chi connectivity index (χ0v) is 19.2. The van der Waals surface area contributed by atoms with Crippen molar-refractivity contribution < 1.29 is 9.90 Å². The van der Waals surface area contributed by atoms with Crippen molar-refractivity contribution >= 4 is 44.4 Å². The largest absolute Gasteiger partial charge is 0.507 e. The Morgan fingerprint density at radius 2 is 2.15 bits per heavy atom. The first-order valence-electron chi connectivity index (χ1n) is 11.0. The van der Waals surface area contributed by atoms with Crippen molar-refractivity contribution in [2.45, 2.75) is 39.2 Å². The minimum atomic E-state index is -0.786. The Labute approximate surface area is 194 Å². The van der Waals surface area contributed by atoms with Crippen LogP contribution in [0, 0.1) is 5.92 Å². The number of nitrogens with one attached hydrogen (secondary N) is 1. The average Bonchev–Trinajstić information content (AvgIpc) is 3.18. The van der Waals surface area contributed by atoms with Gasteiger partial charge in [-0.05, 0) is 54.5 Å². The number of benzene rings is 2. The Balaban J connectivity index is 1.40. The molecule has 1 amide bonds. The van der Waals surface area contributed by atoms with Crippen LogP contribution in [-0.4, -0.2) is 26.8 Å². The molecule has 2 heterocycles. The third-order valence-electron chi connectivity index (χ3n) is 6.35. The van der Waals surface area contributed by atoms with E-state index in [2.05, 4.69) is 22.4 Å². The highest BCUT2D eigenvalue weighted by Crippen LogP contribution is 2.35. The molecule has 0 unspecified atom stereocenters. The monoisotopic (exact) mass is 460 g/mol. The number of phenols is 1. The molecule has 1 aliphatic rings. The summed E-state index contributed by atoms with van der Waals surface area (Å²) in [4.78, 5) is 32.5. The molecule has 0 fully saturated rings. The Bertz CT molecular complexity index is 1470. The molecular weight excluding hydrogens is 436 g/mol. The fourth-order valence-corrected chi connectivity index (χ4v) is 5.76. The minimum absolute atomic E-state index is 0.0715. The molecule has 0 saturated heterocycles. The van der Waals surface area contributed by atoms with E-state index >= 15 is 0 Å². The van der Waals surface area contributed by atoms with Crippen LogP contribution in [0.1, 0.15) is 42.3 Å². The molecule has 33 heavy (non-hydrogen) atoms. The number of hydrogen-bond donors (Lipinski definition) is 2. The van der Waals surface area contributed by atoms with Gasteiger partial charge in [-0.1, -0.05) is 37.3 Å². The highest BCUT2D eigenvalue weighted by molar-refractivity contribution is 7.18. The Hall–Kier alpha value is -3.52. The molecule has 2 aromatic carbocycles. The maximum atomic E-state index is 13.3. The van der Waals surface area contributed by atoms with E-state index in [1.54, 1.807) is 24.3 Å². The van der Waals surface area contributed by atoms with E-state index in [9.17, 15) is 14.7 Å². The summed E-state index contributed by atoms with van der Waals surface area (Å²) in [6.45, 7) is 3.88. The van der Waals surface area contributed by atoms with E-state index in [1.807, 2.05) is 30.3 Å². The maximum Gasteiger partial charge on any atom is 0.263 e. The van der Waals surface area contributed by atoms with Gasteiger partial charge in [-0.3, -0.25) is 14.2 Å². The topological polar surface area (TPSA) is 96.6 Å². The van der Waals surface area contributed by atoms with Crippen LogP contribution < -0.4 is 11.0 Å². The van der Waals surface area contributed by atoms with E-state index in [0.717, 1.165) is 40.4 Å². The van der Waals surface area contributed by atoms with E-state index in [1.165, 1.54) is 22.0 Å². The van der Waals surface area contributed by atoms with Crippen LogP contribution in [0.2, 0.25) is 0 Å². The first-order valence-corrected chi connectivity index (χ1v) is 11.8. The number of carbonyl (C=O) groups is 1. The second-order valence-electron chi connectivity index (χ2n) is 8.62. The highest BCUT2D eigenvalue weighted by Gasteiger charge is 2.25. The second-order valence-corrected chi connectivity index (χ2v) is 9.70. The van der Waals surface area contributed by atoms with Gasteiger partial charge in [0.15, 0.2) is 0 Å². The standard InChI is InChI=1S/C25H24N4O3S/c1-14-7-9-18-21(11-14)33-24-22(18)25(32)29(13-26-24)15(2)23(31)28-27-12-19-17-6-4-3-5-16(17)8-10-20(19)30/h3-6,8,10,12-15,30H,7,9,11H2,1-2H3,(H,28,31)/b27-12+/t14-,15+/m0/s1. The van der Waals surface area contributed by atoms with Gasteiger partial charge >= 0.3 is 0 Å². The molecule has 0 radical (unpaired) electrons. The minimum Gasteiger partial charge on any atom is -0.507 e. The number of rotatable bonds is 4. The number of carbonyl (C=O) groups excluding carboxylic acids is 1. The van der Waals surface area contributed by atoms with Gasteiger partial charge in [-0.25, -0.2) is 10.4 Å². The van der Waals surface area contributed by atoms with Crippen LogP contribution in [0.5, 0.6) is 5.75 Å². The van der Waals surface area contributed by atoms with Gasteiger partial charge in [0.05, 0.1) is 17.9 Å². The number of aromatic nitrogens is 2. The normalized spacial score (nSPS) is 16.8. The summed E-state index contributed by atoms with van der Waals surface area (Å²) >= 11 is 1.59. The molecule has 5 rings (SSSR count). The number of aromatic hydroxyl groups is 1. The summed E-state index contributed by atoms with van der Waals surface area (Å²) in [7, 11) is 0. The molecular formula is C25H24N4O3S. The fourth-order valence-electron chi connectivity index (χ4n) is 4.42. The molecule has 1 aliphatic carbocycles. The van der Waals surface area contributed by atoms with E-state index in [0.29, 0.717) is 16.9 Å². The zero-order valence-electron chi connectivity index (χ0n) is 18.4. The van der Waals surface area contributed by atoms with Crippen LogP contribution >= 0.6 is 11.3 Å². The molecule has 168 valence electrons. The first-order chi connectivity index (χ1) is 15.9. The lowest BCUT2D eigenvalue weighted by Crippen LogP contribution is -2.34. The number of phenolic OH excluding ortho intramolecular Hbond substituents is 1. The Morgan fingerprint density at radius 1 is 1.33 bits per heavy atom. The summed E-state index contributed by atoms with van der Waals surface area (Å²) in [5.74, 6) is 0.241. The first kappa shape index (κ1) is 21.3. The summed E-state index contributed by atoms with van der Waals surface area (Å²) in [6, 6.07) is 10.2. The van der Waals surface area contributed by atoms with Crippen molar-refractivity contribution in [1.82, 2.24) is 15.0 Å². The molecule has 0 aliphatic heterocycles. The third-order valence-corrected chi connectivity index (χ3v) is 7.52. The van der Waals surface area contributed by atoms with Gasteiger partial charge in [-0.15, -0.1) is 11.3 Å². The van der Waals surface area contributed by atoms with Crippen molar-refractivity contribution in [2.24, 2.45) is 11.0 Å². The molecule has 4 aromatic rings. The number of hydrogen-bond acceptors (Lipinski definition) is 6.